The number of hydrogen-bond donors (Lipinski definition) is 2. The minimum absolute atomic E-state index is 0.105. The summed E-state index contributed by atoms with van der Waals surface area (Å²) in [5.41, 5.74) is 4.32. The first kappa shape index (κ1) is 24.0. The minimum atomic E-state index is -0.499. The van der Waals surface area contributed by atoms with E-state index in [4.69, 9.17) is 4.98 Å². The van der Waals surface area contributed by atoms with Crippen molar-refractivity contribution >= 4 is 44.8 Å². The van der Waals surface area contributed by atoms with Crippen molar-refractivity contribution in [1.82, 2.24) is 19.9 Å². The normalized spacial score (nSPS) is 14.1. The summed E-state index contributed by atoms with van der Waals surface area (Å²) in [5, 5.41) is 6.29. The van der Waals surface area contributed by atoms with Gasteiger partial charge < -0.3 is 20.1 Å². The first-order chi connectivity index (χ1) is 17.4. The summed E-state index contributed by atoms with van der Waals surface area (Å²) in [5.74, 6) is -0.418. The van der Waals surface area contributed by atoms with Gasteiger partial charge in [-0.25, -0.2) is 9.97 Å². The number of hydrogen-bond acceptors (Lipinski definition) is 7. The second-order valence-electron chi connectivity index (χ2n) is 9.43. The molecule has 0 aliphatic heterocycles. The van der Waals surface area contributed by atoms with Gasteiger partial charge in [-0.1, -0.05) is 49.6 Å². The molecule has 2 aromatic heterocycles. The molecule has 0 bridgehead atoms. The maximum atomic E-state index is 12.7. The van der Waals surface area contributed by atoms with Crippen molar-refractivity contribution in [1.29, 1.82) is 0 Å². The van der Waals surface area contributed by atoms with Gasteiger partial charge in [-0.15, -0.1) is 11.3 Å². The van der Waals surface area contributed by atoms with Crippen molar-refractivity contribution in [3.8, 4) is 11.3 Å². The lowest BCUT2D eigenvalue weighted by molar-refractivity contribution is 0.0820. The predicted octanol–water partition coefficient (Wildman–Crippen LogP) is 5.26. The zero-order chi connectivity index (χ0) is 25.2. The van der Waals surface area contributed by atoms with E-state index in [2.05, 4.69) is 27.2 Å². The Morgan fingerprint density at radius 2 is 1.81 bits per heavy atom. The number of benzene rings is 2. The Hall–Kier alpha value is -3.72. The molecule has 2 aromatic carbocycles. The van der Waals surface area contributed by atoms with E-state index in [1.807, 2.05) is 47.8 Å². The smallest absolute Gasteiger partial charge is 0.280 e. The van der Waals surface area contributed by atoms with Gasteiger partial charge >= 0.3 is 0 Å². The highest BCUT2D eigenvalue weighted by Gasteiger charge is 2.23. The van der Waals surface area contributed by atoms with Gasteiger partial charge in [0, 0.05) is 38.1 Å². The molecule has 0 radical (unpaired) electrons. The van der Waals surface area contributed by atoms with E-state index >= 15 is 0 Å². The molecule has 4 aromatic rings. The topological polar surface area (TPSA) is 94.2 Å². The third-order valence-electron chi connectivity index (χ3n) is 6.74. The summed E-state index contributed by atoms with van der Waals surface area (Å²) < 4.78 is 0. The van der Waals surface area contributed by atoms with Gasteiger partial charge in [0.15, 0.2) is 10.8 Å². The third kappa shape index (κ3) is 4.83. The van der Waals surface area contributed by atoms with Crippen LogP contribution in [-0.2, 0) is 0 Å². The summed E-state index contributed by atoms with van der Waals surface area (Å²) in [6.45, 7) is 0. The van der Waals surface area contributed by atoms with Crippen molar-refractivity contribution in [3.05, 3.63) is 63.9 Å². The zero-order valence-electron chi connectivity index (χ0n) is 20.7. The van der Waals surface area contributed by atoms with E-state index in [1.54, 1.807) is 14.1 Å². The summed E-state index contributed by atoms with van der Waals surface area (Å²) in [4.78, 5) is 41.0. The summed E-state index contributed by atoms with van der Waals surface area (Å²) in [6.07, 6.45) is 5.96. The van der Waals surface area contributed by atoms with Crippen LogP contribution >= 0.6 is 11.3 Å². The maximum Gasteiger partial charge on any atom is 0.280 e. The third-order valence-corrected chi connectivity index (χ3v) is 7.49. The number of fused-ring (bicyclic) bond motifs is 1. The molecular weight excluding hydrogens is 472 g/mol. The molecule has 0 saturated heterocycles. The molecule has 2 heterocycles. The predicted molar refractivity (Wildman–Crippen MR) is 146 cm³/mol. The first-order valence-electron chi connectivity index (χ1n) is 12.2. The molecule has 0 atom stereocenters. The standard InChI is InChI=1S/C27H30N6O2S/c1-32(2)26(35)24-25(34)29-19-14-21(30-27-31-22(16-36-27)17-10-6-4-7-11-17)23(15-20(19)28-24)33(3)18-12-8-5-9-13-18/h4,6-7,10-11,14-16,18H,5,8-9,12-13H2,1-3H3,(H,29,34)(H,30,31). The lowest BCUT2D eigenvalue weighted by atomic mass is 9.94. The van der Waals surface area contributed by atoms with Crippen LogP contribution in [-0.4, -0.2) is 52.9 Å². The van der Waals surface area contributed by atoms with E-state index in [1.165, 1.54) is 35.5 Å². The summed E-state index contributed by atoms with van der Waals surface area (Å²) >= 11 is 1.53. The SMILES string of the molecule is CN(C)C(=O)c1nc2cc(N(C)C3CCCCC3)c(Nc3nc(-c4ccccc4)cs3)cc2[nH]c1=O. The maximum absolute atomic E-state index is 12.7. The highest BCUT2D eigenvalue weighted by Crippen LogP contribution is 2.36. The lowest BCUT2D eigenvalue weighted by Gasteiger charge is -2.34. The lowest BCUT2D eigenvalue weighted by Crippen LogP contribution is -2.34. The van der Waals surface area contributed by atoms with E-state index in [9.17, 15) is 9.59 Å². The number of thiazole rings is 1. The first-order valence-corrected chi connectivity index (χ1v) is 13.1. The second-order valence-corrected chi connectivity index (χ2v) is 10.3. The number of nitrogens with zero attached hydrogens (tertiary/aromatic N) is 4. The number of carbonyl (C=O) groups excluding carboxylic acids is 1. The number of carbonyl (C=O) groups is 1. The fraction of sp³-hybridized carbons (Fsp3) is 0.333. The van der Waals surface area contributed by atoms with Crippen LogP contribution in [0.5, 0.6) is 0 Å². The molecule has 9 heteroatoms. The Morgan fingerprint density at radius 1 is 1.06 bits per heavy atom. The van der Waals surface area contributed by atoms with Gasteiger partial charge in [0.25, 0.3) is 11.5 Å². The quantitative estimate of drug-likeness (QED) is 0.373. The Labute approximate surface area is 214 Å². The average Bonchev–Trinajstić information content (AvgIpc) is 3.37. The summed E-state index contributed by atoms with van der Waals surface area (Å²) in [7, 11) is 5.33. The van der Waals surface area contributed by atoms with Crippen molar-refractivity contribution in [2.45, 2.75) is 38.1 Å². The number of H-pyrrole nitrogens is 1. The molecule has 1 fully saturated rings. The highest BCUT2D eigenvalue weighted by atomic mass is 32.1. The van der Waals surface area contributed by atoms with Crippen molar-refractivity contribution in [2.75, 3.05) is 31.4 Å². The molecule has 5 rings (SSSR count). The number of rotatable bonds is 6. The van der Waals surface area contributed by atoms with Crippen molar-refractivity contribution < 1.29 is 4.79 Å². The molecule has 36 heavy (non-hydrogen) atoms. The molecule has 1 saturated carbocycles. The molecule has 1 aliphatic rings. The van der Waals surface area contributed by atoms with Gasteiger partial charge in [0.05, 0.1) is 28.1 Å². The summed E-state index contributed by atoms with van der Waals surface area (Å²) in [6, 6.07) is 14.3. The number of amides is 1. The molecule has 2 N–H and O–H groups in total. The van der Waals surface area contributed by atoms with E-state index < -0.39 is 11.5 Å². The molecule has 1 amide bonds. The van der Waals surface area contributed by atoms with Gasteiger partial charge in [-0.2, -0.15) is 0 Å². The highest BCUT2D eigenvalue weighted by molar-refractivity contribution is 7.14. The van der Waals surface area contributed by atoms with Crippen LogP contribution in [0.1, 0.15) is 42.6 Å². The Balaban J connectivity index is 1.57. The van der Waals surface area contributed by atoms with Crippen LogP contribution in [0.3, 0.4) is 0 Å². The van der Waals surface area contributed by atoms with E-state index in [0.29, 0.717) is 17.1 Å². The fourth-order valence-electron chi connectivity index (χ4n) is 4.72. The van der Waals surface area contributed by atoms with Crippen LogP contribution in [0.2, 0.25) is 0 Å². The van der Waals surface area contributed by atoms with Gasteiger partial charge in [-0.3, -0.25) is 9.59 Å². The van der Waals surface area contributed by atoms with Gasteiger partial charge in [-0.05, 0) is 25.0 Å². The van der Waals surface area contributed by atoms with Gasteiger partial charge in [0.2, 0.25) is 0 Å². The molecular formula is C27H30N6O2S. The number of nitrogens with one attached hydrogen (secondary N) is 2. The Kier molecular flexibility index (Phi) is 6.73. The Morgan fingerprint density at radius 3 is 2.53 bits per heavy atom. The van der Waals surface area contributed by atoms with Crippen LogP contribution in [0.15, 0.2) is 52.6 Å². The van der Waals surface area contributed by atoms with Crippen LogP contribution in [0.4, 0.5) is 16.5 Å². The minimum Gasteiger partial charge on any atom is -0.370 e. The monoisotopic (exact) mass is 502 g/mol. The molecule has 1 aliphatic carbocycles. The van der Waals surface area contributed by atoms with Gasteiger partial charge in [0.1, 0.15) is 0 Å². The fourth-order valence-corrected chi connectivity index (χ4v) is 5.46. The molecule has 0 unspecified atom stereocenters. The van der Waals surface area contributed by atoms with E-state index in [0.717, 1.165) is 40.6 Å². The van der Waals surface area contributed by atoms with Crippen LogP contribution in [0, 0.1) is 0 Å². The second kappa shape index (κ2) is 10.1. The molecule has 0 spiro atoms. The average molecular weight is 503 g/mol. The number of aromatic nitrogens is 3. The van der Waals surface area contributed by atoms with E-state index in [-0.39, 0.29) is 5.69 Å². The molecule has 186 valence electrons. The largest absolute Gasteiger partial charge is 0.370 e. The van der Waals surface area contributed by atoms with Crippen molar-refractivity contribution in [2.24, 2.45) is 0 Å². The van der Waals surface area contributed by atoms with Crippen molar-refractivity contribution in [3.63, 3.8) is 0 Å². The zero-order valence-corrected chi connectivity index (χ0v) is 21.6. The number of anilines is 3. The number of aromatic amines is 1. The van der Waals surface area contributed by atoms with Crippen LogP contribution in [0.25, 0.3) is 22.3 Å². The molecule has 8 nitrogen and oxygen atoms in total. The Bertz CT molecular complexity index is 1440. The van der Waals surface area contributed by atoms with Crippen LogP contribution < -0.4 is 15.8 Å².